The fourth-order valence-electron chi connectivity index (χ4n) is 3.71. The summed E-state index contributed by atoms with van der Waals surface area (Å²) in [5.41, 5.74) is 5.08. The molecule has 1 aliphatic rings. The summed E-state index contributed by atoms with van der Waals surface area (Å²) in [6.07, 6.45) is -2.97. The lowest BCUT2D eigenvalue weighted by molar-refractivity contribution is -0.137. The number of carbonyl (C=O) groups excluding carboxylic acids is 1. The zero-order chi connectivity index (χ0) is 24.3. The van der Waals surface area contributed by atoms with E-state index in [9.17, 15) is 23.1 Å². The van der Waals surface area contributed by atoms with Gasteiger partial charge in [0, 0.05) is 24.3 Å². The second kappa shape index (κ2) is 9.46. The molecule has 0 saturated carbocycles. The van der Waals surface area contributed by atoms with Gasteiger partial charge < -0.3 is 14.7 Å². The van der Waals surface area contributed by atoms with Crippen LogP contribution in [-0.4, -0.2) is 23.8 Å². The van der Waals surface area contributed by atoms with Gasteiger partial charge in [0.25, 0.3) is 5.91 Å². The molecule has 1 heterocycles. The first kappa shape index (κ1) is 23.2. The molecule has 0 aromatic heterocycles. The van der Waals surface area contributed by atoms with Gasteiger partial charge in [-0.3, -0.25) is 4.79 Å². The highest BCUT2D eigenvalue weighted by atomic mass is 19.4. The average molecular weight is 469 g/mol. The fraction of sp³-hybridized carbons (Fsp3) is 0.200. The molecule has 3 aromatic rings. The number of ether oxygens (including phenoxy) is 1. The molecule has 3 aromatic carbocycles. The smallest absolute Gasteiger partial charge is 0.416 e. The van der Waals surface area contributed by atoms with Crippen LogP contribution < -0.4 is 15.1 Å². The summed E-state index contributed by atoms with van der Waals surface area (Å²) < 4.78 is 44.5. The van der Waals surface area contributed by atoms with Crippen LogP contribution in [0.3, 0.4) is 0 Å². The van der Waals surface area contributed by atoms with E-state index in [1.165, 1.54) is 18.3 Å². The number of halogens is 3. The summed E-state index contributed by atoms with van der Waals surface area (Å²) >= 11 is 0. The highest BCUT2D eigenvalue weighted by molar-refractivity contribution is 5.95. The van der Waals surface area contributed by atoms with Gasteiger partial charge in [-0.1, -0.05) is 12.1 Å². The number of carbonyl (C=O) groups is 1. The zero-order valence-electron chi connectivity index (χ0n) is 18.3. The number of nitrogens with zero attached hydrogens (tertiary/aromatic N) is 2. The highest BCUT2D eigenvalue weighted by Crippen LogP contribution is 2.34. The maximum Gasteiger partial charge on any atom is 0.416 e. The van der Waals surface area contributed by atoms with Crippen LogP contribution in [0.1, 0.15) is 39.5 Å². The SMILES string of the molecule is CCOc1cc(C=NNC(=O)c2ccc3c(c2)CN(c2cccc(C(F)(F)F)c2)C3)ccc1O. The summed E-state index contributed by atoms with van der Waals surface area (Å²) in [5, 5.41) is 13.7. The maximum absolute atomic E-state index is 13.0. The first-order valence-corrected chi connectivity index (χ1v) is 10.6. The van der Waals surface area contributed by atoms with E-state index < -0.39 is 17.6 Å². The lowest BCUT2D eigenvalue weighted by atomic mass is 10.1. The number of hydrogen-bond acceptors (Lipinski definition) is 5. The average Bonchev–Trinajstić information content (AvgIpc) is 3.24. The Balaban J connectivity index is 1.42. The Labute approximate surface area is 194 Å². The number of hydrazone groups is 1. The first-order chi connectivity index (χ1) is 16.2. The number of benzene rings is 3. The van der Waals surface area contributed by atoms with E-state index in [1.807, 2.05) is 4.90 Å². The Morgan fingerprint density at radius 3 is 2.68 bits per heavy atom. The van der Waals surface area contributed by atoms with Gasteiger partial charge in [-0.05, 0) is 72.1 Å². The fourth-order valence-corrected chi connectivity index (χ4v) is 3.71. The number of nitrogens with one attached hydrogen (secondary N) is 1. The van der Waals surface area contributed by atoms with Crippen molar-refractivity contribution >= 4 is 17.8 Å². The van der Waals surface area contributed by atoms with Crippen molar-refractivity contribution in [3.05, 3.63) is 88.5 Å². The van der Waals surface area contributed by atoms with E-state index >= 15 is 0 Å². The van der Waals surface area contributed by atoms with Gasteiger partial charge in [-0.25, -0.2) is 5.43 Å². The lowest BCUT2D eigenvalue weighted by Gasteiger charge is -2.19. The van der Waals surface area contributed by atoms with Crippen molar-refractivity contribution in [1.82, 2.24) is 5.43 Å². The number of phenolic OH excluding ortho intramolecular Hbond substituents is 1. The Morgan fingerprint density at radius 1 is 1.12 bits per heavy atom. The van der Waals surface area contributed by atoms with Crippen molar-refractivity contribution in [3.8, 4) is 11.5 Å². The number of rotatable bonds is 6. The van der Waals surface area contributed by atoms with Gasteiger partial charge in [0.2, 0.25) is 0 Å². The number of hydrogen-bond donors (Lipinski definition) is 2. The van der Waals surface area contributed by atoms with Crippen LogP contribution in [0.4, 0.5) is 18.9 Å². The standard InChI is InChI=1S/C25H22F3N3O3/c1-2-34-23-10-16(6-9-22(23)32)13-29-30-24(33)17-7-8-18-14-31(15-19(18)11-17)21-5-3-4-20(12-21)25(26,27)28/h3-13,32H,2,14-15H2,1H3,(H,30,33). The van der Waals surface area contributed by atoms with E-state index in [-0.39, 0.29) is 5.75 Å². The van der Waals surface area contributed by atoms with Crippen molar-refractivity contribution in [2.24, 2.45) is 5.10 Å². The lowest BCUT2D eigenvalue weighted by Crippen LogP contribution is -2.18. The Hall–Kier alpha value is -4.01. The Bertz CT molecular complexity index is 1240. The third-order valence-corrected chi connectivity index (χ3v) is 5.39. The monoisotopic (exact) mass is 469 g/mol. The summed E-state index contributed by atoms with van der Waals surface area (Å²) in [7, 11) is 0. The van der Waals surface area contributed by atoms with Crippen molar-refractivity contribution in [1.29, 1.82) is 0 Å². The van der Waals surface area contributed by atoms with E-state index in [2.05, 4.69) is 10.5 Å². The summed E-state index contributed by atoms with van der Waals surface area (Å²) in [5.74, 6) is -0.0811. The van der Waals surface area contributed by atoms with Crippen molar-refractivity contribution in [2.45, 2.75) is 26.2 Å². The van der Waals surface area contributed by atoms with Gasteiger partial charge in [0.05, 0.1) is 18.4 Å². The topological polar surface area (TPSA) is 74.2 Å². The zero-order valence-corrected chi connectivity index (χ0v) is 18.3. The van der Waals surface area contributed by atoms with Gasteiger partial charge >= 0.3 is 6.18 Å². The molecular formula is C25H22F3N3O3. The third-order valence-electron chi connectivity index (χ3n) is 5.39. The minimum absolute atomic E-state index is 0.0142. The van der Waals surface area contributed by atoms with Gasteiger partial charge in [0.1, 0.15) is 0 Å². The number of alkyl halides is 3. The molecule has 6 nitrogen and oxygen atoms in total. The molecule has 9 heteroatoms. The van der Waals surface area contributed by atoms with Gasteiger partial charge in [0.15, 0.2) is 11.5 Å². The summed E-state index contributed by atoms with van der Waals surface area (Å²) in [4.78, 5) is 14.4. The van der Waals surface area contributed by atoms with Crippen molar-refractivity contribution in [2.75, 3.05) is 11.5 Å². The highest BCUT2D eigenvalue weighted by Gasteiger charge is 2.31. The molecule has 0 unspecified atom stereocenters. The minimum Gasteiger partial charge on any atom is -0.504 e. The quantitative estimate of drug-likeness (QED) is 0.390. The first-order valence-electron chi connectivity index (χ1n) is 10.6. The van der Waals surface area contributed by atoms with Crippen molar-refractivity contribution in [3.63, 3.8) is 0 Å². The summed E-state index contributed by atoms with van der Waals surface area (Å²) in [6, 6.07) is 15.1. The minimum atomic E-state index is -4.40. The molecule has 0 fully saturated rings. The van der Waals surface area contributed by atoms with Crippen molar-refractivity contribution < 1.29 is 27.8 Å². The second-order valence-corrected chi connectivity index (χ2v) is 7.75. The molecule has 0 saturated heterocycles. The number of amides is 1. The van der Waals surface area contributed by atoms with Crippen LogP contribution in [0.15, 0.2) is 65.8 Å². The molecule has 1 aliphatic heterocycles. The van der Waals surface area contributed by atoms with Crippen LogP contribution in [0, 0.1) is 0 Å². The van der Waals surface area contributed by atoms with Gasteiger partial charge in [-0.15, -0.1) is 0 Å². The second-order valence-electron chi connectivity index (χ2n) is 7.75. The molecule has 176 valence electrons. The van der Waals surface area contributed by atoms with Gasteiger partial charge in [-0.2, -0.15) is 18.3 Å². The van der Waals surface area contributed by atoms with Crippen LogP contribution >= 0.6 is 0 Å². The normalized spacial score (nSPS) is 13.2. The Morgan fingerprint density at radius 2 is 1.91 bits per heavy atom. The van der Waals surface area contributed by atoms with E-state index in [4.69, 9.17) is 4.74 Å². The van der Waals surface area contributed by atoms with E-state index in [0.717, 1.165) is 23.3 Å². The molecule has 0 spiro atoms. The molecule has 2 N–H and O–H groups in total. The number of anilines is 1. The third kappa shape index (κ3) is 5.14. The molecule has 0 bridgehead atoms. The molecule has 0 radical (unpaired) electrons. The Kier molecular flexibility index (Phi) is 6.45. The molecular weight excluding hydrogens is 447 g/mol. The molecule has 34 heavy (non-hydrogen) atoms. The predicted molar refractivity (Wildman–Crippen MR) is 122 cm³/mol. The van der Waals surface area contributed by atoms with Crippen LogP contribution in [-0.2, 0) is 19.3 Å². The number of fused-ring (bicyclic) bond motifs is 1. The van der Waals surface area contributed by atoms with Crippen LogP contribution in [0.25, 0.3) is 0 Å². The maximum atomic E-state index is 13.0. The van der Waals surface area contributed by atoms with Crippen LogP contribution in [0.5, 0.6) is 11.5 Å². The summed E-state index contributed by atoms with van der Waals surface area (Å²) in [6.45, 7) is 3.05. The number of phenols is 1. The molecule has 0 aliphatic carbocycles. The number of aromatic hydroxyl groups is 1. The predicted octanol–water partition coefficient (Wildman–Crippen LogP) is 5.09. The van der Waals surface area contributed by atoms with E-state index in [0.29, 0.717) is 42.3 Å². The largest absolute Gasteiger partial charge is 0.504 e. The molecule has 0 atom stereocenters. The van der Waals surface area contributed by atoms with E-state index in [1.54, 1.807) is 43.3 Å². The molecule has 1 amide bonds. The molecule has 4 rings (SSSR count). The van der Waals surface area contributed by atoms with Crippen LogP contribution in [0.2, 0.25) is 0 Å².